The van der Waals surface area contributed by atoms with Crippen molar-refractivity contribution in [1.29, 1.82) is 0 Å². The summed E-state index contributed by atoms with van der Waals surface area (Å²) < 4.78 is 0. The first-order valence-electron chi connectivity index (χ1n) is 11.1. The van der Waals surface area contributed by atoms with Crippen molar-refractivity contribution in [3.8, 4) is 0 Å². The average Bonchev–Trinajstić information content (AvgIpc) is 3.49. The second kappa shape index (κ2) is 8.35. The molecule has 0 amide bonds. The second-order valence-electron chi connectivity index (χ2n) is 8.29. The van der Waals surface area contributed by atoms with Gasteiger partial charge in [0, 0.05) is 45.1 Å². The van der Waals surface area contributed by atoms with E-state index in [0.717, 1.165) is 57.4 Å². The van der Waals surface area contributed by atoms with Gasteiger partial charge in [-0.2, -0.15) is 10.1 Å². The molecule has 3 heterocycles. The summed E-state index contributed by atoms with van der Waals surface area (Å²) in [5, 5.41) is 17.9. The summed E-state index contributed by atoms with van der Waals surface area (Å²) in [6.07, 6.45) is 4.76. The van der Waals surface area contributed by atoms with E-state index in [-0.39, 0.29) is 0 Å². The third kappa shape index (κ3) is 3.70. The van der Waals surface area contributed by atoms with Crippen LogP contribution in [0.3, 0.4) is 0 Å². The lowest BCUT2D eigenvalue weighted by Crippen LogP contribution is -2.09. The Morgan fingerprint density at radius 1 is 0.941 bits per heavy atom. The standard InChI is InChI=1S/C26H22ClN7/c1-15-20-14-30-34-24(20)9-8-21(15)31-26-32-23-7-6-17(27)12-19(23)25(33-26)28-11-10-16-13-29-22-5-3-2-4-18(16)22/h2-9,12-14,29H,10-11H2,1H3,(H,30,34)(H2,28,31,32,33). The minimum absolute atomic E-state index is 0.523. The van der Waals surface area contributed by atoms with Crippen LogP contribution in [0.4, 0.5) is 17.5 Å². The van der Waals surface area contributed by atoms with Crippen molar-refractivity contribution in [2.75, 3.05) is 17.2 Å². The van der Waals surface area contributed by atoms with Crippen LogP contribution in [0.2, 0.25) is 5.02 Å². The first-order chi connectivity index (χ1) is 16.7. The van der Waals surface area contributed by atoms with Gasteiger partial charge >= 0.3 is 0 Å². The van der Waals surface area contributed by atoms with Crippen LogP contribution in [-0.2, 0) is 6.42 Å². The van der Waals surface area contributed by atoms with Crippen molar-refractivity contribution in [2.24, 2.45) is 0 Å². The quantitative estimate of drug-likeness (QED) is 0.229. The summed E-state index contributed by atoms with van der Waals surface area (Å²) in [7, 11) is 0. The van der Waals surface area contributed by atoms with Crippen LogP contribution in [0, 0.1) is 6.92 Å². The highest BCUT2D eigenvalue weighted by Crippen LogP contribution is 2.29. The van der Waals surface area contributed by atoms with Crippen LogP contribution in [0.5, 0.6) is 0 Å². The van der Waals surface area contributed by atoms with Crippen molar-refractivity contribution in [3.05, 3.63) is 83.1 Å². The number of hydrogen-bond donors (Lipinski definition) is 4. The highest BCUT2D eigenvalue weighted by molar-refractivity contribution is 6.31. The first-order valence-corrected chi connectivity index (χ1v) is 11.5. The van der Waals surface area contributed by atoms with E-state index in [1.807, 2.05) is 42.6 Å². The first kappa shape index (κ1) is 20.5. The predicted molar refractivity (Wildman–Crippen MR) is 139 cm³/mol. The van der Waals surface area contributed by atoms with Gasteiger partial charge in [-0.3, -0.25) is 5.10 Å². The summed E-state index contributed by atoms with van der Waals surface area (Å²) >= 11 is 6.29. The molecule has 0 bridgehead atoms. The Balaban J connectivity index is 1.31. The molecule has 0 radical (unpaired) electrons. The molecule has 0 unspecified atom stereocenters. The highest BCUT2D eigenvalue weighted by Gasteiger charge is 2.12. The molecule has 6 aromatic rings. The maximum Gasteiger partial charge on any atom is 0.229 e. The third-order valence-electron chi connectivity index (χ3n) is 6.16. The van der Waals surface area contributed by atoms with E-state index in [9.17, 15) is 0 Å². The number of anilines is 3. The molecular weight excluding hydrogens is 446 g/mol. The Morgan fingerprint density at radius 3 is 2.79 bits per heavy atom. The molecule has 3 aromatic heterocycles. The molecule has 0 spiro atoms. The molecule has 168 valence electrons. The summed E-state index contributed by atoms with van der Waals surface area (Å²) in [4.78, 5) is 12.9. The Bertz CT molecular complexity index is 1650. The van der Waals surface area contributed by atoms with Crippen LogP contribution in [-0.4, -0.2) is 31.7 Å². The van der Waals surface area contributed by atoms with Crippen molar-refractivity contribution in [3.63, 3.8) is 0 Å². The molecule has 6 rings (SSSR count). The van der Waals surface area contributed by atoms with Crippen molar-refractivity contribution in [1.82, 2.24) is 25.1 Å². The number of benzene rings is 3. The molecule has 34 heavy (non-hydrogen) atoms. The molecule has 0 aliphatic rings. The maximum absolute atomic E-state index is 6.29. The smallest absolute Gasteiger partial charge is 0.229 e. The third-order valence-corrected chi connectivity index (χ3v) is 6.39. The number of para-hydroxylation sites is 1. The molecule has 4 N–H and O–H groups in total. The summed E-state index contributed by atoms with van der Waals surface area (Å²) in [5.41, 5.74) is 6.25. The van der Waals surface area contributed by atoms with Gasteiger partial charge in [0.05, 0.1) is 17.2 Å². The van der Waals surface area contributed by atoms with Gasteiger partial charge in [-0.05, 0) is 60.9 Å². The fourth-order valence-electron chi connectivity index (χ4n) is 4.36. The number of aromatic amines is 2. The Labute approximate surface area is 200 Å². The number of aryl methyl sites for hydroxylation is 1. The summed E-state index contributed by atoms with van der Waals surface area (Å²) in [6, 6.07) is 18.0. The zero-order chi connectivity index (χ0) is 23.1. The second-order valence-corrected chi connectivity index (χ2v) is 8.72. The minimum atomic E-state index is 0.523. The Hall–Kier alpha value is -4.10. The average molecular weight is 468 g/mol. The molecule has 7 nitrogen and oxygen atoms in total. The molecule has 0 aliphatic heterocycles. The van der Waals surface area contributed by atoms with Crippen LogP contribution in [0.1, 0.15) is 11.1 Å². The van der Waals surface area contributed by atoms with Gasteiger partial charge in [0.1, 0.15) is 5.82 Å². The van der Waals surface area contributed by atoms with Crippen molar-refractivity contribution in [2.45, 2.75) is 13.3 Å². The molecule has 0 aliphatic carbocycles. The largest absolute Gasteiger partial charge is 0.369 e. The molecule has 0 atom stereocenters. The van der Waals surface area contributed by atoms with E-state index in [1.165, 1.54) is 10.9 Å². The van der Waals surface area contributed by atoms with Gasteiger partial charge < -0.3 is 15.6 Å². The molecular formula is C26H22ClN7. The zero-order valence-corrected chi connectivity index (χ0v) is 19.2. The lowest BCUT2D eigenvalue weighted by molar-refractivity contribution is 1.01. The van der Waals surface area contributed by atoms with Crippen LogP contribution >= 0.6 is 11.6 Å². The number of rotatable bonds is 6. The summed E-state index contributed by atoms with van der Waals surface area (Å²) in [6.45, 7) is 2.78. The van der Waals surface area contributed by atoms with Gasteiger partial charge in [-0.1, -0.05) is 29.8 Å². The Kier molecular flexibility index (Phi) is 5.04. The van der Waals surface area contributed by atoms with E-state index in [1.54, 1.807) is 0 Å². The predicted octanol–water partition coefficient (Wildman–Crippen LogP) is 6.35. The van der Waals surface area contributed by atoms with E-state index < -0.39 is 0 Å². The van der Waals surface area contributed by atoms with Crippen LogP contribution < -0.4 is 10.6 Å². The number of nitrogens with zero attached hydrogens (tertiary/aromatic N) is 3. The van der Waals surface area contributed by atoms with Gasteiger partial charge in [-0.25, -0.2) is 4.98 Å². The highest BCUT2D eigenvalue weighted by atomic mass is 35.5. The van der Waals surface area contributed by atoms with E-state index in [0.29, 0.717) is 11.0 Å². The fourth-order valence-corrected chi connectivity index (χ4v) is 4.53. The number of H-pyrrole nitrogens is 2. The topological polar surface area (TPSA) is 94.3 Å². The Morgan fingerprint density at radius 2 is 1.85 bits per heavy atom. The minimum Gasteiger partial charge on any atom is -0.369 e. The zero-order valence-electron chi connectivity index (χ0n) is 18.5. The molecule has 8 heteroatoms. The number of fused-ring (bicyclic) bond motifs is 3. The number of nitrogens with one attached hydrogen (secondary N) is 4. The number of halogens is 1. The molecule has 0 saturated heterocycles. The van der Waals surface area contributed by atoms with Crippen LogP contribution in [0.15, 0.2) is 67.0 Å². The van der Waals surface area contributed by atoms with Gasteiger partial charge in [0.2, 0.25) is 5.95 Å². The van der Waals surface area contributed by atoms with E-state index in [2.05, 4.69) is 57.1 Å². The lowest BCUT2D eigenvalue weighted by Gasteiger charge is -2.13. The van der Waals surface area contributed by atoms with Gasteiger partial charge in [0.15, 0.2) is 0 Å². The van der Waals surface area contributed by atoms with Crippen molar-refractivity contribution < 1.29 is 0 Å². The maximum atomic E-state index is 6.29. The molecule has 0 saturated carbocycles. The fraction of sp³-hybridized carbons (Fsp3) is 0.115. The van der Waals surface area contributed by atoms with E-state index >= 15 is 0 Å². The number of aromatic nitrogens is 5. The van der Waals surface area contributed by atoms with Gasteiger partial charge in [-0.15, -0.1) is 0 Å². The lowest BCUT2D eigenvalue weighted by atomic mass is 10.1. The SMILES string of the molecule is Cc1c(Nc2nc(NCCc3c[nH]c4ccccc34)c3cc(Cl)ccc3n2)ccc2[nH]ncc12. The van der Waals surface area contributed by atoms with Crippen molar-refractivity contribution >= 4 is 61.8 Å². The summed E-state index contributed by atoms with van der Waals surface area (Å²) in [5.74, 6) is 1.27. The van der Waals surface area contributed by atoms with E-state index in [4.69, 9.17) is 21.6 Å². The molecule has 3 aromatic carbocycles. The van der Waals surface area contributed by atoms with Crippen LogP contribution in [0.25, 0.3) is 32.7 Å². The number of hydrogen-bond acceptors (Lipinski definition) is 5. The normalized spacial score (nSPS) is 11.5. The molecule has 0 fully saturated rings. The monoisotopic (exact) mass is 467 g/mol. The van der Waals surface area contributed by atoms with Gasteiger partial charge in [0.25, 0.3) is 0 Å².